The van der Waals surface area contributed by atoms with Crippen LogP contribution in [0.4, 0.5) is 0 Å². The molecule has 0 bridgehead atoms. The smallest absolute Gasteiger partial charge is 0.156 e. The van der Waals surface area contributed by atoms with Crippen molar-refractivity contribution in [2.45, 2.75) is 76.2 Å². The van der Waals surface area contributed by atoms with E-state index >= 15 is 0 Å². The maximum atomic E-state index is 11.7. The number of hydrogen-bond acceptors (Lipinski definition) is 4. The lowest BCUT2D eigenvalue weighted by molar-refractivity contribution is -0.121. The molecule has 3 N–H and O–H groups in total. The summed E-state index contributed by atoms with van der Waals surface area (Å²) in [6.07, 6.45) is 14.7. The molecule has 2 aliphatic rings. The molecule has 0 atom stereocenters. The quantitative estimate of drug-likeness (QED) is 0.718. The molecule has 3 heterocycles. The Balaban J connectivity index is 1.49. The van der Waals surface area contributed by atoms with Gasteiger partial charge in [0.05, 0.1) is 17.4 Å². The van der Waals surface area contributed by atoms with E-state index in [9.17, 15) is 4.79 Å². The third-order valence-electron chi connectivity index (χ3n) is 7.10. The summed E-state index contributed by atoms with van der Waals surface area (Å²) in [5.41, 5.74) is 11.6. The molecule has 0 unspecified atom stereocenters. The molecule has 28 heavy (non-hydrogen) atoms. The summed E-state index contributed by atoms with van der Waals surface area (Å²) in [4.78, 5) is 24.6. The number of aromatic amines is 1. The lowest BCUT2D eigenvalue weighted by Crippen LogP contribution is -2.25. The Morgan fingerprint density at radius 3 is 2.54 bits per heavy atom. The molecule has 5 rings (SSSR count). The second kappa shape index (κ2) is 6.99. The fourth-order valence-electron chi connectivity index (χ4n) is 5.31. The normalized spacial score (nSPS) is 28.8. The second-order valence-corrected chi connectivity index (χ2v) is 8.86. The van der Waals surface area contributed by atoms with Crippen molar-refractivity contribution >= 4 is 22.6 Å². The van der Waals surface area contributed by atoms with Gasteiger partial charge in [-0.05, 0) is 69.8 Å². The monoisotopic (exact) mass is 379 g/mol. The van der Waals surface area contributed by atoms with Crippen molar-refractivity contribution < 1.29 is 4.79 Å². The molecular weight excluding hydrogens is 350 g/mol. The first-order chi connectivity index (χ1) is 13.6. The fraction of sp³-hybridized carbons (Fsp3) is 0.591. The Kier molecular flexibility index (Phi) is 4.46. The summed E-state index contributed by atoms with van der Waals surface area (Å²) in [5.74, 6) is 1.57. The fourth-order valence-corrected chi connectivity index (χ4v) is 5.31. The van der Waals surface area contributed by atoms with Crippen LogP contribution in [0, 0.1) is 5.92 Å². The number of Topliss-reactive ketones (excluding diaryl/α,β-unsaturated/α-hetero) is 1. The van der Waals surface area contributed by atoms with Gasteiger partial charge in [0.2, 0.25) is 0 Å². The van der Waals surface area contributed by atoms with Gasteiger partial charge in [-0.2, -0.15) is 0 Å². The summed E-state index contributed by atoms with van der Waals surface area (Å²) in [7, 11) is 0. The number of fused-ring (bicyclic) bond motifs is 3. The maximum absolute atomic E-state index is 11.7. The maximum Gasteiger partial charge on any atom is 0.156 e. The molecule has 148 valence electrons. The van der Waals surface area contributed by atoms with Crippen LogP contribution < -0.4 is 5.73 Å². The number of nitrogens with two attached hydrogens (primary N) is 1. The Bertz CT molecular complexity index is 1000. The zero-order chi connectivity index (χ0) is 19.3. The average Bonchev–Trinajstić information content (AvgIpc) is 3.32. The molecule has 0 saturated heterocycles. The van der Waals surface area contributed by atoms with Crippen LogP contribution in [-0.4, -0.2) is 31.2 Å². The number of carbonyl (C=O) groups is 1. The van der Waals surface area contributed by atoms with Gasteiger partial charge in [0.1, 0.15) is 5.78 Å². The molecule has 0 radical (unpaired) electrons. The summed E-state index contributed by atoms with van der Waals surface area (Å²) in [5, 5.41) is 0. The Morgan fingerprint density at radius 2 is 1.82 bits per heavy atom. The van der Waals surface area contributed by atoms with E-state index in [1.807, 2.05) is 6.20 Å². The predicted octanol–water partition coefficient (Wildman–Crippen LogP) is 4.06. The van der Waals surface area contributed by atoms with Crippen LogP contribution in [0.5, 0.6) is 0 Å². The highest BCUT2D eigenvalue weighted by Crippen LogP contribution is 2.39. The summed E-state index contributed by atoms with van der Waals surface area (Å²) >= 11 is 0. The third kappa shape index (κ3) is 3.04. The second-order valence-electron chi connectivity index (χ2n) is 8.86. The molecular formula is C22H29N5O. The van der Waals surface area contributed by atoms with Crippen LogP contribution in [0.3, 0.4) is 0 Å². The van der Waals surface area contributed by atoms with Crippen molar-refractivity contribution in [3.63, 3.8) is 0 Å². The number of imidazole rings is 1. The highest BCUT2D eigenvalue weighted by molar-refractivity contribution is 5.80. The largest absolute Gasteiger partial charge is 0.345 e. The molecule has 3 aromatic heterocycles. The van der Waals surface area contributed by atoms with E-state index in [2.05, 4.69) is 26.8 Å². The Morgan fingerprint density at radius 1 is 1.11 bits per heavy atom. The predicted molar refractivity (Wildman–Crippen MR) is 109 cm³/mol. The van der Waals surface area contributed by atoms with Gasteiger partial charge in [-0.3, -0.25) is 9.20 Å². The van der Waals surface area contributed by atoms with E-state index < -0.39 is 0 Å². The Hall–Kier alpha value is -2.21. The molecule has 0 amide bonds. The zero-order valence-corrected chi connectivity index (χ0v) is 16.5. The molecule has 0 spiro atoms. The first-order valence-electron chi connectivity index (χ1n) is 10.7. The minimum Gasteiger partial charge on any atom is -0.345 e. The van der Waals surface area contributed by atoms with Crippen LogP contribution in [-0.2, 0) is 4.79 Å². The number of carbonyl (C=O) groups excluding carboxylic acids is 1. The van der Waals surface area contributed by atoms with Gasteiger partial charge in [0.25, 0.3) is 0 Å². The lowest BCUT2D eigenvalue weighted by Gasteiger charge is -2.26. The minimum atomic E-state index is 0.247. The molecule has 6 nitrogen and oxygen atoms in total. The van der Waals surface area contributed by atoms with Crippen molar-refractivity contribution in [1.29, 1.82) is 0 Å². The number of nitrogens with one attached hydrogen (secondary N) is 1. The highest BCUT2D eigenvalue weighted by atomic mass is 16.1. The summed E-state index contributed by atoms with van der Waals surface area (Å²) in [6.45, 7) is 1.73. The third-order valence-corrected chi connectivity index (χ3v) is 7.10. The minimum absolute atomic E-state index is 0.247. The number of nitrogens with zero attached hydrogens (tertiary/aromatic N) is 3. The first kappa shape index (κ1) is 17.9. The summed E-state index contributed by atoms with van der Waals surface area (Å²) in [6, 6.07) is 0.350. The van der Waals surface area contributed by atoms with Crippen LogP contribution >= 0.6 is 0 Å². The van der Waals surface area contributed by atoms with E-state index in [-0.39, 0.29) is 5.92 Å². The molecule has 2 saturated carbocycles. The number of rotatable bonds is 3. The number of hydrogen-bond donors (Lipinski definition) is 2. The van der Waals surface area contributed by atoms with Gasteiger partial charge in [-0.25, -0.2) is 9.97 Å². The molecule has 6 heteroatoms. The molecule has 0 aliphatic heterocycles. The molecule has 0 aromatic carbocycles. The average molecular weight is 380 g/mol. The Labute approximate surface area is 164 Å². The van der Waals surface area contributed by atoms with Crippen molar-refractivity contribution in [3.05, 3.63) is 29.8 Å². The van der Waals surface area contributed by atoms with Gasteiger partial charge in [0.15, 0.2) is 11.3 Å². The van der Waals surface area contributed by atoms with E-state index in [0.29, 0.717) is 23.7 Å². The zero-order valence-electron chi connectivity index (χ0n) is 16.5. The van der Waals surface area contributed by atoms with Crippen molar-refractivity contribution in [3.8, 4) is 0 Å². The highest BCUT2D eigenvalue weighted by Gasteiger charge is 2.28. The van der Waals surface area contributed by atoms with Crippen LogP contribution in [0.25, 0.3) is 16.8 Å². The number of aromatic nitrogens is 4. The van der Waals surface area contributed by atoms with Crippen molar-refractivity contribution in [2.24, 2.45) is 11.7 Å². The SMILES string of the molecule is CC(=O)C1CCC(c2c[nH]c3ncc4nc(C5CCC(N)CC5)cn4c23)CC1. The summed E-state index contributed by atoms with van der Waals surface area (Å²) < 4.78 is 2.23. The molecule has 3 aromatic rings. The van der Waals surface area contributed by atoms with E-state index in [1.54, 1.807) is 6.92 Å². The van der Waals surface area contributed by atoms with Gasteiger partial charge in [-0.15, -0.1) is 0 Å². The topological polar surface area (TPSA) is 89.1 Å². The first-order valence-corrected chi connectivity index (χ1v) is 10.7. The number of ketones is 1. The van der Waals surface area contributed by atoms with E-state index in [1.165, 1.54) is 11.3 Å². The van der Waals surface area contributed by atoms with E-state index in [0.717, 1.165) is 68.2 Å². The van der Waals surface area contributed by atoms with Gasteiger partial charge in [-0.1, -0.05) is 0 Å². The van der Waals surface area contributed by atoms with Crippen LogP contribution in [0.15, 0.2) is 18.6 Å². The number of H-pyrrole nitrogens is 1. The molecule has 2 fully saturated rings. The van der Waals surface area contributed by atoms with Gasteiger partial charge >= 0.3 is 0 Å². The van der Waals surface area contributed by atoms with Crippen molar-refractivity contribution in [2.75, 3.05) is 0 Å². The van der Waals surface area contributed by atoms with Crippen LogP contribution in [0.2, 0.25) is 0 Å². The van der Waals surface area contributed by atoms with E-state index in [4.69, 9.17) is 10.7 Å². The standard InChI is InChI=1S/C22H29N5O/c1-13(28)14-2-4-15(5-3-14)18-10-24-22-21(18)27-12-19(26-20(27)11-25-22)16-6-8-17(23)9-7-16/h10-12,14-17,24H,2-9,23H2,1H3. The van der Waals surface area contributed by atoms with Crippen molar-refractivity contribution in [1.82, 2.24) is 19.4 Å². The van der Waals surface area contributed by atoms with Gasteiger partial charge < -0.3 is 10.7 Å². The molecule has 2 aliphatic carbocycles. The van der Waals surface area contributed by atoms with Crippen LogP contribution in [0.1, 0.15) is 81.4 Å². The van der Waals surface area contributed by atoms with Gasteiger partial charge in [0, 0.05) is 30.3 Å². The lowest BCUT2D eigenvalue weighted by atomic mass is 9.78.